The van der Waals surface area contributed by atoms with E-state index in [0.717, 1.165) is 0 Å². The second-order valence-electron chi connectivity index (χ2n) is 2.58. The fourth-order valence-corrected chi connectivity index (χ4v) is 2.50. The maximum atomic E-state index is 11.1. The summed E-state index contributed by atoms with van der Waals surface area (Å²) >= 11 is 4.88. The molecule has 0 aromatic heterocycles. The van der Waals surface area contributed by atoms with E-state index in [9.17, 15) is 8.42 Å². The van der Waals surface area contributed by atoms with Crippen LogP contribution in [0.15, 0.2) is 24.3 Å². The van der Waals surface area contributed by atoms with Crippen LogP contribution in [0.25, 0.3) is 0 Å². The van der Waals surface area contributed by atoms with Crippen LogP contribution in [0.3, 0.4) is 0 Å². The highest BCUT2D eigenvalue weighted by atomic mass is 32.2. The fraction of sp³-hybridized carbons (Fsp3) is 0. The van der Waals surface area contributed by atoms with Gasteiger partial charge in [0, 0.05) is 5.56 Å². The topological polar surface area (TPSA) is 58.2 Å². The molecule has 1 aliphatic heterocycles. The number of nitrogens with one attached hydrogen (secondary N) is 2. The molecule has 0 spiro atoms. The Balaban J connectivity index is 2.61. The minimum atomic E-state index is -3.49. The monoisotopic (exact) mass is 214 g/mol. The second kappa shape index (κ2) is 2.68. The van der Waals surface area contributed by atoms with Crippen LogP contribution in [-0.2, 0) is 10.2 Å². The quantitative estimate of drug-likeness (QED) is 0.622. The highest BCUT2D eigenvalue weighted by Crippen LogP contribution is 2.20. The molecule has 68 valence electrons. The average Bonchev–Trinajstić information content (AvgIpc) is 2.02. The SMILES string of the molecule is O=S1(=O)NC(=S)c2ccccc2N1. The largest absolute Gasteiger partial charge is 0.322 e. The Labute approximate surface area is 81.1 Å². The molecule has 13 heavy (non-hydrogen) atoms. The van der Waals surface area contributed by atoms with Crippen molar-refractivity contribution in [3.05, 3.63) is 29.8 Å². The van der Waals surface area contributed by atoms with Gasteiger partial charge in [-0.3, -0.25) is 9.44 Å². The van der Waals surface area contributed by atoms with Gasteiger partial charge in [-0.05, 0) is 12.1 Å². The van der Waals surface area contributed by atoms with Crippen LogP contribution in [0.2, 0.25) is 0 Å². The molecule has 1 aromatic carbocycles. The van der Waals surface area contributed by atoms with Crippen molar-refractivity contribution in [3.63, 3.8) is 0 Å². The molecule has 0 bridgehead atoms. The Morgan fingerprint density at radius 3 is 2.62 bits per heavy atom. The zero-order valence-corrected chi connectivity index (χ0v) is 8.08. The Bertz CT molecular complexity index is 467. The van der Waals surface area contributed by atoms with Gasteiger partial charge in [-0.15, -0.1) is 0 Å². The van der Waals surface area contributed by atoms with Gasteiger partial charge in [-0.2, -0.15) is 8.42 Å². The summed E-state index contributed by atoms with van der Waals surface area (Å²) < 4.78 is 26.8. The van der Waals surface area contributed by atoms with Crippen LogP contribution in [0.5, 0.6) is 0 Å². The van der Waals surface area contributed by atoms with Crippen molar-refractivity contribution in [2.75, 3.05) is 4.72 Å². The molecule has 0 radical (unpaired) electrons. The first-order chi connectivity index (χ1) is 6.08. The van der Waals surface area contributed by atoms with E-state index in [-0.39, 0.29) is 4.99 Å². The summed E-state index contributed by atoms with van der Waals surface area (Å²) in [6.07, 6.45) is 0. The zero-order valence-electron chi connectivity index (χ0n) is 6.44. The standard InChI is InChI=1S/C7H6N2O2S2/c10-13(11)8-6-4-2-1-3-5(6)7(12)9-13/h1-4,8H,(H,9,12). The number of fused-ring (bicyclic) bond motifs is 1. The predicted octanol–water partition coefficient (Wildman–Crippen LogP) is 0.622. The molecule has 0 unspecified atom stereocenters. The zero-order chi connectivity index (χ0) is 9.47. The van der Waals surface area contributed by atoms with E-state index < -0.39 is 10.2 Å². The summed E-state index contributed by atoms with van der Waals surface area (Å²) in [5.74, 6) is 0. The average molecular weight is 214 g/mol. The Kier molecular flexibility index (Phi) is 1.74. The molecule has 1 heterocycles. The molecule has 0 amide bonds. The minimum Gasteiger partial charge on any atom is -0.266 e. The molecule has 2 N–H and O–H groups in total. The van der Waals surface area contributed by atoms with Crippen LogP contribution in [0, 0.1) is 0 Å². The summed E-state index contributed by atoms with van der Waals surface area (Å²) in [4.78, 5) is 0.231. The predicted molar refractivity (Wildman–Crippen MR) is 53.8 cm³/mol. The number of rotatable bonds is 0. The number of hydrogen-bond donors (Lipinski definition) is 2. The van der Waals surface area contributed by atoms with Crippen molar-refractivity contribution < 1.29 is 8.42 Å². The van der Waals surface area contributed by atoms with Gasteiger partial charge in [-0.1, -0.05) is 24.4 Å². The van der Waals surface area contributed by atoms with Crippen LogP contribution in [-0.4, -0.2) is 13.4 Å². The van der Waals surface area contributed by atoms with E-state index in [4.69, 9.17) is 12.2 Å². The number of anilines is 1. The van der Waals surface area contributed by atoms with Gasteiger partial charge < -0.3 is 0 Å². The normalized spacial score (nSPS) is 18.3. The maximum Gasteiger partial charge on any atom is 0.322 e. The highest BCUT2D eigenvalue weighted by molar-refractivity contribution is 7.93. The van der Waals surface area contributed by atoms with Crippen LogP contribution in [0.4, 0.5) is 5.69 Å². The highest BCUT2D eigenvalue weighted by Gasteiger charge is 2.22. The molecule has 6 heteroatoms. The third kappa shape index (κ3) is 1.50. The van der Waals surface area contributed by atoms with Gasteiger partial charge in [0.05, 0.1) is 5.69 Å². The number of thiocarbonyl (C=S) groups is 1. The summed E-state index contributed by atoms with van der Waals surface area (Å²) in [6.45, 7) is 0. The first-order valence-corrected chi connectivity index (χ1v) is 5.41. The van der Waals surface area contributed by atoms with E-state index in [1.807, 2.05) is 0 Å². The molecule has 1 aliphatic rings. The summed E-state index contributed by atoms with van der Waals surface area (Å²) in [5, 5.41) is 0. The van der Waals surface area contributed by atoms with Crippen LogP contribution < -0.4 is 9.44 Å². The maximum absolute atomic E-state index is 11.1. The number of benzene rings is 1. The molecular formula is C7H6N2O2S2. The molecule has 4 nitrogen and oxygen atoms in total. The van der Waals surface area contributed by atoms with E-state index in [0.29, 0.717) is 11.3 Å². The third-order valence-corrected chi connectivity index (χ3v) is 3.06. The molecule has 0 fully saturated rings. The summed E-state index contributed by atoms with van der Waals surface area (Å²) in [6, 6.07) is 6.97. The molecule has 0 saturated carbocycles. The van der Waals surface area contributed by atoms with Gasteiger partial charge in [0.1, 0.15) is 4.99 Å². The molecule has 0 atom stereocenters. The van der Waals surface area contributed by atoms with Gasteiger partial charge in [0.15, 0.2) is 0 Å². The lowest BCUT2D eigenvalue weighted by Crippen LogP contribution is -2.39. The summed E-state index contributed by atoms with van der Waals surface area (Å²) in [7, 11) is -3.49. The van der Waals surface area contributed by atoms with Gasteiger partial charge in [0.25, 0.3) is 0 Å². The van der Waals surface area contributed by atoms with E-state index in [2.05, 4.69) is 9.44 Å². The first-order valence-electron chi connectivity index (χ1n) is 3.52. The first kappa shape index (κ1) is 8.46. The third-order valence-electron chi connectivity index (χ3n) is 1.64. The molecule has 1 aromatic rings. The lowest BCUT2D eigenvalue weighted by molar-refractivity contribution is 0.597. The minimum absolute atomic E-state index is 0.231. The number of para-hydroxylation sites is 1. The summed E-state index contributed by atoms with van der Waals surface area (Å²) in [5.41, 5.74) is 1.22. The van der Waals surface area contributed by atoms with Crippen molar-refractivity contribution in [2.24, 2.45) is 0 Å². The molecular weight excluding hydrogens is 208 g/mol. The van der Waals surface area contributed by atoms with Crippen LogP contribution in [0.1, 0.15) is 5.56 Å². The van der Waals surface area contributed by atoms with Crippen molar-refractivity contribution >= 4 is 33.1 Å². The van der Waals surface area contributed by atoms with Crippen molar-refractivity contribution in [2.45, 2.75) is 0 Å². The smallest absolute Gasteiger partial charge is 0.266 e. The Morgan fingerprint density at radius 1 is 1.15 bits per heavy atom. The van der Waals surface area contributed by atoms with E-state index in [1.54, 1.807) is 24.3 Å². The fourth-order valence-electron chi connectivity index (χ4n) is 1.12. The molecule has 0 saturated heterocycles. The Hall–Kier alpha value is -1.14. The van der Waals surface area contributed by atoms with Crippen molar-refractivity contribution in [3.8, 4) is 0 Å². The molecule has 2 rings (SSSR count). The lowest BCUT2D eigenvalue weighted by Gasteiger charge is -2.19. The second-order valence-corrected chi connectivity index (χ2v) is 4.41. The van der Waals surface area contributed by atoms with Gasteiger partial charge >= 0.3 is 10.2 Å². The lowest BCUT2D eigenvalue weighted by atomic mass is 10.2. The van der Waals surface area contributed by atoms with Gasteiger partial charge in [-0.25, -0.2) is 0 Å². The van der Waals surface area contributed by atoms with Gasteiger partial charge in [0.2, 0.25) is 0 Å². The van der Waals surface area contributed by atoms with Crippen molar-refractivity contribution in [1.29, 1.82) is 0 Å². The number of hydrogen-bond acceptors (Lipinski definition) is 3. The van der Waals surface area contributed by atoms with E-state index >= 15 is 0 Å². The van der Waals surface area contributed by atoms with E-state index in [1.165, 1.54) is 0 Å². The van der Waals surface area contributed by atoms with Crippen molar-refractivity contribution in [1.82, 2.24) is 4.72 Å². The molecule has 0 aliphatic carbocycles. The van der Waals surface area contributed by atoms with Crippen LogP contribution >= 0.6 is 12.2 Å². The Morgan fingerprint density at radius 2 is 1.85 bits per heavy atom.